The number of benzene rings is 1. The van der Waals surface area contributed by atoms with Crippen LogP contribution < -0.4 is 5.32 Å². The van der Waals surface area contributed by atoms with E-state index in [9.17, 15) is 5.26 Å². The van der Waals surface area contributed by atoms with Crippen LogP contribution in [0.2, 0.25) is 0 Å². The molecule has 116 valence electrons. The van der Waals surface area contributed by atoms with E-state index in [1.165, 1.54) is 32.1 Å². The smallest absolute Gasteiger partial charge is 0.102 e. The molecule has 0 aliphatic heterocycles. The summed E-state index contributed by atoms with van der Waals surface area (Å²) in [4.78, 5) is 1.09. The highest BCUT2D eigenvalue weighted by atomic mass is 32.2. The minimum Gasteiger partial charge on any atom is -0.384 e. The molecular weight excluding hydrogens is 276 g/mol. The molecule has 1 rings (SSSR count). The molecule has 21 heavy (non-hydrogen) atoms. The Hall–Kier alpha value is -1.14. The maximum Gasteiger partial charge on any atom is 0.102 e. The fourth-order valence-corrected chi connectivity index (χ4v) is 3.11. The minimum atomic E-state index is 0.796. The quantitative estimate of drug-likeness (QED) is 0.445. The summed E-state index contributed by atoms with van der Waals surface area (Å²) in [5, 5.41) is 12.8. The zero-order chi connectivity index (χ0) is 15.5. The normalized spacial score (nSPS) is 10.6. The van der Waals surface area contributed by atoms with Crippen LogP contribution in [0, 0.1) is 17.2 Å². The van der Waals surface area contributed by atoms with Gasteiger partial charge < -0.3 is 5.32 Å². The summed E-state index contributed by atoms with van der Waals surface area (Å²) in [6.07, 6.45) is 6.43. The molecule has 0 aliphatic rings. The Labute approximate surface area is 134 Å². The predicted octanol–water partition coefficient (Wildman–Crippen LogP) is 5.69. The van der Waals surface area contributed by atoms with Gasteiger partial charge in [0.05, 0.1) is 11.3 Å². The topological polar surface area (TPSA) is 35.8 Å². The zero-order valence-electron chi connectivity index (χ0n) is 13.6. The van der Waals surface area contributed by atoms with Gasteiger partial charge in [-0.05, 0) is 30.2 Å². The molecule has 0 unspecified atom stereocenters. The molecule has 0 saturated carbocycles. The monoisotopic (exact) mass is 304 g/mol. The summed E-state index contributed by atoms with van der Waals surface area (Å²) in [7, 11) is 0. The Balaban J connectivity index is 2.35. The van der Waals surface area contributed by atoms with E-state index in [1.54, 1.807) is 11.8 Å². The molecule has 2 nitrogen and oxygen atoms in total. The first-order valence-electron chi connectivity index (χ1n) is 8.08. The Bertz CT molecular complexity index is 449. The molecular formula is C18H28N2S. The van der Waals surface area contributed by atoms with Crippen LogP contribution in [-0.4, -0.2) is 12.3 Å². The Kier molecular flexibility index (Phi) is 9.01. The summed E-state index contributed by atoms with van der Waals surface area (Å²) in [6, 6.07) is 8.41. The van der Waals surface area contributed by atoms with Crippen molar-refractivity contribution in [3.05, 3.63) is 23.8 Å². The minimum absolute atomic E-state index is 0.796. The zero-order valence-corrected chi connectivity index (χ0v) is 14.4. The van der Waals surface area contributed by atoms with Gasteiger partial charge >= 0.3 is 0 Å². The van der Waals surface area contributed by atoms with Gasteiger partial charge in [-0.3, -0.25) is 0 Å². The average molecular weight is 305 g/mol. The van der Waals surface area contributed by atoms with Crippen molar-refractivity contribution >= 4 is 17.4 Å². The van der Waals surface area contributed by atoms with E-state index in [2.05, 4.69) is 32.2 Å². The van der Waals surface area contributed by atoms with Crippen molar-refractivity contribution < 1.29 is 0 Å². The van der Waals surface area contributed by atoms with E-state index in [0.717, 1.165) is 34.4 Å². The highest BCUT2D eigenvalue weighted by Gasteiger charge is 2.07. The lowest BCUT2D eigenvalue weighted by atomic mass is 10.0. The van der Waals surface area contributed by atoms with Crippen molar-refractivity contribution in [1.29, 1.82) is 5.26 Å². The summed E-state index contributed by atoms with van der Waals surface area (Å²) >= 11 is 1.73. The average Bonchev–Trinajstić information content (AvgIpc) is 2.46. The first-order valence-corrected chi connectivity index (χ1v) is 9.07. The highest BCUT2D eigenvalue weighted by Crippen LogP contribution is 2.27. The van der Waals surface area contributed by atoms with Gasteiger partial charge in [0.25, 0.3) is 0 Å². The number of rotatable bonds is 10. The van der Waals surface area contributed by atoms with Gasteiger partial charge in [0, 0.05) is 11.4 Å². The molecule has 0 amide bonds. The molecule has 0 heterocycles. The summed E-state index contributed by atoms with van der Waals surface area (Å²) in [5.41, 5.74) is 1.78. The van der Waals surface area contributed by atoms with Crippen LogP contribution in [0.4, 0.5) is 5.69 Å². The van der Waals surface area contributed by atoms with E-state index in [1.807, 2.05) is 18.2 Å². The first kappa shape index (κ1) is 17.9. The third-order valence-electron chi connectivity index (χ3n) is 3.46. The highest BCUT2D eigenvalue weighted by molar-refractivity contribution is 7.99. The van der Waals surface area contributed by atoms with Gasteiger partial charge in [0.2, 0.25) is 0 Å². The maximum absolute atomic E-state index is 9.35. The molecule has 0 bridgehead atoms. The van der Waals surface area contributed by atoms with E-state index >= 15 is 0 Å². The lowest BCUT2D eigenvalue weighted by molar-refractivity contribution is 0.523. The lowest BCUT2D eigenvalue weighted by Gasteiger charge is -2.11. The van der Waals surface area contributed by atoms with Crippen LogP contribution >= 0.6 is 11.8 Å². The second kappa shape index (κ2) is 10.6. The second-order valence-electron chi connectivity index (χ2n) is 5.75. The maximum atomic E-state index is 9.35. The van der Waals surface area contributed by atoms with Crippen LogP contribution in [0.3, 0.4) is 0 Å². The van der Waals surface area contributed by atoms with Gasteiger partial charge in [0.15, 0.2) is 0 Å². The van der Waals surface area contributed by atoms with E-state index < -0.39 is 0 Å². The molecule has 1 aromatic carbocycles. The predicted molar refractivity (Wildman–Crippen MR) is 94.0 cm³/mol. The number of nitriles is 1. The van der Waals surface area contributed by atoms with Gasteiger partial charge in [-0.1, -0.05) is 52.5 Å². The summed E-state index contributed by atoms with van der Waals surface area (Å²) < 4.78 is 0. The first-order chi connectivity index (χ1) is 10.2. The molecule has 0 spiro atoms. The fourth-order valence-electron chi connectivity index (χ4n) is 2.32. The molecule has 0 aromatic heterocycles. The lowest BCUT2D eigenvalue weighted by Crippen LogP contribution is -2.04. The third-order valence-corrected chi connectivity index (χ3v) is 4.40. The number of hydrogen-bond acceptors (Lipinski definition) is 3. The second-order valence-corrected chi connectivity index (χ2v) is 7.05. The number of unbranched alkanes of at least 4 members (excludes halogenated alkanes) is 3. The Morgan fingerprint density at radius 1 is 1.19 bits per heavy atom. The van der Waals surface area contributed by atoms with Crippen LogP contribution in [0.5, 0.6) is 0 Å². The summed E-state index contributed by atoms with van der Waals surface area (Å²) in [5.74, 6) is 1.81. The molecule has 0 radical (unpaired) electrons. The largest absolute Gasteiger partial charge is 0.384 e. The van der Waals surface area contributed by atoms with Crippen molar-refractivity contribution in [2.24, 2.45) is 5.92 Å². The van der Waals surface area contributed by atoms with Gasteiger partial charge in [-0.2, -0.15) is 5.26 Å². The molecule has 3 heteroatoms. The van der Waals surface area contributed by atoms with Gasteiger partial charge in [-0.15, -0.1) is 11.8 Å². The van der Waals surface area contributed by atoms with E-state index in [0.29, 0.717) is 0 Å². The van der Waals surface area contributed by atoms with Crippen molar-refractivity contribution in [1.82, 2.24) is 0 Å². The van der Waals surface area contributed by atoms with Crippen molar-refractivity contribution in [3.63, 3.8) is 0 Å². The number of thioether (sulfide) groups is 1. The molecule has 0 atom stereocenters. The standard InChI is InChI=1S/C18H28N2S/c1-4-21-18-12-9-11-17(16(18)14-19)20-13-8-6-5-7-10-15(2)3/h9,11-12,15,20H,4-8,10,13H2,1-3H3. The van der Waals surface area contributed by atoms with Crippen molar-refractivity contribution in [3.8, 4) is 6.07 Å². The molecule has 1 N–H and O–H groups in total. The summed E-state index contributed by atoms with van der Waals surface area (Å²) in [6.45, 7) is 7.64. The van der Waals surface area contributed by atoms with Crippen LogP contribution in [0.1, 0.15) is 58.4 Å². The van der Waals surface area contributed by atoms with Gasteiger partial charge in [-0.25, -0.2) is 0 Å². The van der Waals surface area contributed by atoms with Gasteiger partial charge in [0.1, 0.15) is 6.07 Å². The van der Waals surface area contributed by atoms with Crippen molar-refractivity contribution in [2.45, 2.75) is 57.8 Å². The van der Waals surface area contributed by atoms with E-state index in [-0.39, 0.29) is 0 Å². The Morgan fingerprint density at radius 2 is 1.95 bits per heavy atom. The number of anilines is 1. The fraction of sp³-hybridized carbons (Fsp3) is 0.611. The number of nitrogens with zero attached hydrogens (tertiary/aromatic N) is 1. The molecule has 0 fully saturated rings. The Morgan fingerprint density at radius 3 is 2.62 bits per heavy atom. The third kappa shape index (κ3) is 6.91. The van der Waals surface area contributed by atoms with Crippen LogP contribution in [0.15, 0.2) is 23.1 Å². The molecule has 0 saturated heterocycles. The van der Waals surface area contributed by atoms with Crippen LogP contribution in [-0.2, 0) is 0 Å². The number of nitrogens with one attached hydrogen (secondary N) is 1. The SMILES string of the molecule is CCSc1cccc(NCCCCCCC(C)C)c1C#N. The molecule has 0 aliphatic carbocycles. The van der Waals surface area contributed by atoms with E-state index in [4.69, 9.17) is 0 Å². The van der Waals surface area contributed by atoms with Crippen LogP contribution in [0.25, 0.3) is 0 Å². The van der Waals surface area contributed by atoms with Crippen molar-refractivity contribution in [2.75, 3.05) is 17.6 Å². The number of hydrogen-bond donors (Lipinski definition) is 1. The molecule has 1 aromatic rings.